The first-order valence-corrected chi connectivity index (χ1v) is 9.59. The molecule has 9 heteroatoms. The molecular formula is C20H15ClN2O5S. The zero-order valence-electron chi connectivity index (χ0n) is 15.2. The van der Waals surface area contributed by atoms with Crippen molar-refractivity contribution >= 4 is 40.7 Å². The Kier molecular flexibility index (Phi) is 6.58. The number of carbonyl (C=O) groups excluding carboxylic acids is 3. The molecule has 0 saturated carbocycles. The van der Waals surface area contributed by atoms with Gasteiger partial charge in [-0.2, -0.15) is 0 Å². The molecular weight excluding hydrogens is 416 g/mol. The number of hydrogen-bond acceptors (Lipinski definition) is 7. The number of ether oxygens (including phenoxy) is 2. The van der Waals surface area contributed by atoms with E-state index in [0.717, 1.165) is 5.56 Å². The minimum absolute atomic E-state index is 0.0780. The number of rotatable bonds is 6. The molecule has 2 aromatic carbocycles. The van der Waals surface area contributed by atoms with Crippen LogP contribution in [-0.2, 0) is 9.53 Å². The lowest BCUT2D eigenvalue weighted by Gasteiger charge is -2.06. The van der Waals surface area contributed by atoms with Crippen LogP contribution in [0, 0.1) is 0 Å². The van der Waals surface area contributed by atoms with Crippen LogP contribution in [0.2, 0.25) is 5.02 Å². The number of thiazole rings is 1. The summed E-state index contributed by atoms with van der Waals surface area (Å²) >= 11 is 7.12. The van der Waals surface area contributed by atoms with E-state index in [9.17, 15) is 14.4 Å². The van der Waals surface area contributed by atoms with Crippen molar-refractivity contribution in [3.63, 3.8) is 0 Å². The fourth-order valence-electron chi connectivity index (χ4n) is 2.27. The number of amides is 2. The average molecular weight is 431 g/mol. The molecule has 0 saturated heterocycles. The summed E-state index contributed by atoms with van der Waals surface area (Å²) in [5.41, 5.74) is 1.16. The average Bonchev–Trinajstić information content (AvgIpc) is 3.23. The number of halogens is 1. The lowest BCUT2D eigenvalue weighted by molar-refractivity contribution is -0.123. The van der Waals surface area contributed by atoms with Gasteiger partial charge in [-0.1, -0.05) is 23.7 Å². The topological polar surface area (TPSA) is 94.6 Å². The lowest BCUT2D eigenvalue weighted by atomic mass is 10.2. The smallest absolute Gasteiger partial charge is 0.358 e. The zero-order valence-corrected chi connectivity index (χ0v) is 16.8. The van der Waals surface area contributed by atoms with Gasteiger partial charge in [0.2, 0.25) is 0 Å². The predicted molar refractivity (Wildman–Crippen MR) is 108 cm³/mol. The number of aromatic nitrogens is 1. The van der Waals surface area contributed by atoms with Crippen molar-refractivity contribution in [2.75, 3.05) is 13.7 Å². The normalized spacial score (nSPS) is 10.3. The highest BCUT2D eigenvalue weighted by atomic mass is 35.5. The number of benzene rings is 2. The molecule has 0 aliphatic rings. The summed E-state index contributed by atoms with van der Waals surface area (Å²) in [5, 5.41) is 4.90. The molecule has 1 N–H and O–H groups in total. The molecule has 1 heterocycles. The van der Waals surface area contributed by atoms with Crippen molar-refractivity contribution in [1.82, 2.24) is 10.3 Å². The van der Waals surface area contributed by atoms with Gasteiger partial charge in [0, 0.05) is 21.5 Å². The minimum Gasteiger partial charge on any atom is -0.497 e. The highest BCUT2D eigenvalue weighted by Crippen LogP contribution is 2.25. The van der Waals surface area contributed by atoms with Gasteiger partial charge in [0.15, 0.2) is 12.3 Å². The Hall–Kier alpha value is -3.23. The molecule has 0 unspecified atom stereocenters. The predicted octanol–water partition coefficient (Wildman–Crippen LogP) is 3.59. The Labute approximate surface area is 175 Å². The Morgan fingerprint density at radius 2 is 1.76 bits per heavy atom. The van der Waals surface area contributed by atoms with E-state index in [1.54, 1.807) is 36.4 Å². The Morgan fingerprint density at radius 3 is 2.41 bits per heavy atom. The van der Waals surface area contributed by atoms with Crippen molar-refractivity contribution in [1.29, 1.82) is 0 Å². The summed E-state index contributed by atoms with van der Waals surface area (Å²) in [4.78, 5) is 40.2. The standard InChI is InChI=1S/C20H15ClN2O5S/c1-27-15-8-4-12(5-9-15)18(25)23-17(24)10-28-20(26)16-11-29-19(22-16)13-2-6-14(21)7-3-13/h2-9,11H,10H2,1H3,(H,23,24,25). The van der Waals surface area contributed by atoms with E-state index in [1.165, 1.54) is 36.0 Å². The van der Waals surface area contributed by atoms with Gasteiger partial charge in [-0.15, -0.1) is 11.3 Å². The molecule has 2 amide bonds. The highest BCUT2D eigenvalue weighted by molar-refractivity contribution is 7.13. The van der Waals surface area contributed by atoms with Crippen LogP contribution < -0.4 is 10.1 Å². The van der Waals surface area contributed by atoms with Crippen LogP contribution in [-0.4, -0.2) is 36.5 Å². The molecule has 7 nitrogen and oxygen atoms in total. The van der Waals surface area contributed by atoms with Gasteiger partial charge in [-0.3, -0.25) is 14.9 Å². The van der Waals surface area contributed by atoms with Gasteiger partial charge in [0.25, 0.3) is 11.8 Å². The summed E-state index contributed by atoms with van der Waals surface area (Å²) in [6.07, 6.45) is 0. The maximum absolute atomic E-state index is 12.1. The van der Waals surface area contributed by atoms with Gasteiger partial charge in [-0.25, -0.2) is 9.78 Å². The third kappa shape index (κ3) is 5.40. The summed E-state index contributed by atoms with van der Waals surface area (Å²) in [5.74, 6) is -1.52. The molecule has 0 aliphatic heterocycles. The molecule has 3 rings (SSSR count). The quantitative estimate of drug-likeness (QED) is 0.600. The lowest BCUT2D eigenvalue weighted by Crippen LogP contribution is -2.34. The zero-order chi connectivity index (χ0) is 20.8. The summed E-state index contributed by atoms with van der Waals surface area (Å²) < 4.78 is 9.94. The monoisotopic (exact) mass is 430 g/mol. The third-order valence-corrected chi connectivity index (χ3v) is 4.89. The van der Waals surface area contributed by atoms with Crippen LogP contribution in [0.5, 0.6) is 5.75 Å². The van der Waals surface area contributed by atoms with Gasteiger partial charge < -0.3 is 9.47 Å². The summed E-state index contributed by atoms with van der Waals surface area (Å²) in [6, 6.07) is 13.2. The van der Waals surface area contributed by atoms with Gasteiger partial charge >= 0.3 is 5.97 Å². The molecule has 148 valence electrons. The number of nitrogens with zero attached hydrogens (tertiary/aromatic N) is 1. The molecule has 0 aliphatic carbocycles. The van der Waals surface area contributed by atoms with E-state index in [4.69, 9.17) is 21.1 Å². The number of imide groups is 1. The van der Waals surface area contributed by atoms with Crippen LogP contribution >= 0.6 is 22.9 Å². The van der Waals surface area contributed by atoms with Crippen molar-refractivity contribution in [3.05, 3.63) is 70.2 Å². The van der Waals surface area contributed by atoms with E-state index in [1.807, 2.05) is 0 Å². The van der Waals surface area contributed by atoms with Crippen LogP contribution in [0.15, 0.2) is 53.9 Å². The van der Waals surface area contributed by atoms with Gasteiger partial charge in [0.05, 0.1) is 7.11 Å². The largest absolute Gasteiger partial charge is 0.497 e. The van der Waals surface area contributed by atoms with Crippen LogP contribution in [0.3, 0.4) is 0 Å². The molecule has 0 atom stereocenters. The fraction of sp³-hybridized carbons (Fsp3) is 0.100. The summed E-state index contributed by atoms with van der Waals surface area (Å²) in [7, 11) is 1.51. The van der Waals surface area contributed by atoms with E-state index < -0.39 is 24.4 Å². The molecule has 3 aromatic rings. The van der Waals surface area contributed by atoms with Crippen molar-refractivity contribution < 1.29 is 23.9 Å². The van der Waals surface area contributed by atoms with Crippen LogP contribution in [0.4, 0.5) is 0 Å². The Bertz CT molecular complexity index is 1030. The van der Waals surface area contributed by atoms with E-state index >= 15 is 0 Å². The van der Waals surface area contributed by atoms with Gasteiger partial charge in [-0.05, 0) is 36.4 Å². The number of carbonyl (C=O) groups is 3. The van der Waals surface area contributed by atoms with E-state index in [2.05, 4.69) is 10.3 Å². The number of methoxy groups -OCH3 is 1. The number of nitrogens with one attached hydrogen (secondary N) is 1. The van der Waals surface area contributed by atoms with E-state index in [-0.39, 0.29) is 11.3 Å². The Morgan fingerprint density at radius 1 is 1.07 bits per heavy atom. The molecule has 29 heavy (non-hydrogen) atoms. The first-order valence-electron chi connectivity index (χ1n) is 8.33. The number of esters is 1. The molecule has 0 fully saturated rings. The Balaban J connectivity index is 1.52. The molecule has 1 aromatic heterocycles. The van der Waals surface area contributed by atoms with Crippen molar-refractivity contribution in [3.8, 4) is 16.3 Å². The van der Waals surface area contributed by atoms with Crippen LogP contribution in [0.25, 0.3) is 10.6 Å². The maximum atomic E-state index is 12.1. The second-order valence-corrected chi connectivity index (χ2v) is 7.02. The molecule has 0 bridgehead atoms. The number of hydrogen-bond donors (Lipinski definition) is 1. The minimum atomic E-state index is -0.756. The summed E-state index contributed by atoms with van der Waals surface area (Å²) in [6.45, 7) is -0.603. The molecule has 0 radical (unpaired) electrons. The first-order chi connectivity index (χ1) is 14.0. The third-order valence-electron chi connectivity index (χ3n) is 3.74. The van der Waals surface area contributed by atoms with Crippen molar-refractivity contribution in [2.45, 2.75) is 0 Å². The fourth-order valence-corrected chi connectivity index (χ4v) is 3.20. The second-order valence-electron chi connectivity index (χ2n) is 5.73. The maximum Gasteiger partial charge on any atom is 0.358 e. The van der Waals surface area contributed by atoms with Crippen LogP contribution in [0.1, 0.15) is 20.8 Å². The molecule has 0 spiro atoms. The first kappa shape index (κ1) is 20.5. The van der Waals surface area contributed by atoms with Gasteiger partial charge in [0.1, 0.15) is 10.8 Å². The van der Waals surface area contributed by atoms with E-state index in [0.29, 0.717) is 15.8 Å². The van der Waals surface area contributed by atoms with Crippen molar-refractivity contribution in [2.24, 2.45) is 0 Å². The second kappa shape index (κ2) is 9.31. The SMILES string of the molecule is COc1ccc(C(=O)NC(=O)COC(=O)c2csc(-c3ccc(Cl)cc3)n2)cc1. The highest BCUT2D eigenvalue weighted by Gasteiger charge is 2.16.